The Bertz CT molecular complexity index is 628. The molecule has 2 atom stereocenters. The van der Waals surface area contributed by atoms with E-state index in [1.54, 1.807) is 6.07 Å². The van der Waals surface area contributed by atoms with Gasteiger partial charge in [-0.2, -0.15) is 5.10 Å². The Labute approximate surface area is 156 Å². The third-order valence-corrected chi connectivity index (χ3v) is 5.83. The third kappa shape index (κ3) is 4.63. The van der Waals surface area contributed by atoms with E-state index in [4.69, 9.17) is 9.84 Å². The molecule has 4 nitrogen and oxygen atoms in total. The Morgan fingerprint density at radius 3 is 2.77 bits per heavy atom. The molecular formula is C21H32FN3O. The third-order valence-electron chi connectivity index (χ3n) is 5.83. The second kappa shape index (κ2) is 8.96. The molecule has 1 N–H and O–H groups in total. The summed E-state index contributed by atoms with van der Waals surface area (Å²) in [6, 6.07) is 5.29. The molecule has 0 spiro atoms. The average molecular weight is 362 g/mol. The molecule has 0 radical (unpaired) electrons. The minimum Gasteiger partial charge on any atom is -0.352 e. The number of aryl methyl sites for hydroxylation is 1. The topological polar surface area (TPSA) is 36.9 Å². The van der Waals surface area contributed by atoms with Crippen molar-refractivity contribution in [2.75, 3.05) is 13.6 Å². The number of nitrogens with zero attached hydrogens (tertiary/aromatic N) is 2. The zero-order chi connectivity index (χ0) is 18.5. The van der Waals surface area contributed by atoms with E-state index < -0.39 is 0 Å². The quantitative estimate of drug-likeness (QED) is 0.790. The summed E-state index contributed by atoms with van der Waals surface area (Å²) in [6.07, 6.45) is 7.41. The molecule has 0 bridgehead atoms. The van der Waals surface area contributed by atoms with E-state index in [1.165, 1.54) is 38.2 Å². The van der Waals surface area contributed by atoms with Crippen LogP contribution in [0.1, 0.15) is 56.6 Å². The molecule has 0 saturated heterocycles. The fourth-order valence-electron chi connectivity index (χ4n) is 4.20. The van der Waals surface area contributed by atoms with Crippen molar-refractivity contribution in [1.82, 2.24) is 10.3 Å². The Morgan fingerprint density at radius 2 is 2.08 bits per heavy atom. The fourth-order valence-corrected chi connectivity index (χ4v) is 4.20. The lowest BCUT2D eigenvalue weighted by Gasteiger charge is -2.36. The highest BCUT2D eigenvalue weighted by Crippen LogP contribution is 2.32. The Morgan fingerprint density at radius 1 is 1.31 bits per heavy atom. The number of rotatable bonds is 7. The molecule has 0 amide bonds. The highest BCUT2D eigenvalue weighted by molar-refractivity contribution is 5.87. The van der Waals surface area contributed by atoms with E-state index in [0.717, 1.165) is 29.8 Å². The molecular weight excluding hydrogens is 329 g/mol. The first-order valence-corrected chi connectivity index (χ1v) is 9.94. The Hall–Kier alpha value is -1.46. The van der Waals surface area contributed by atoms with Gasteiger partial charge in [0.25, 0.3) is 0 Å². The molecule has 3 rings (SSSR count). The fraction of sp³-hybridized carbons (Fsp3) is 0.667. The van der Waals surface area contributed by atoms with Gasteiger partial charge in [-0.25, -0.2) is 4.39 Å². The Kier molecular flexibility index (Phi) is 6.65. The van der Waals surface area contributed by atoms with E-state index in [9.17, 15) is 4.39 Å². The van der Waals surface area contributed by atoms with Crippen LogP contribution in [0.3, 0.4) is 0 Å². The minimum atomic E-state index is -0.195. The van der Waals surface area contributed by atoms with Crippen molar-refractivity contribution in [3.63, 3.8) is 0 Å². The lowest BCUT2D eigenvalue weighted by molar-refractivity contribution is -0.0813. The molecule has 1 saturated carbocycles. The first-order valence-electron chi connectivity index (χ1n) is 9.94. The summed E-state index contributed by atoms with van der Waals surface area (Å²) in [6.45, 7) is 5.51. The van der Waals surface area contributed by atoms with Gasteiger partial charge in [0, 0.05) is 19.0 Å². The monoisotopic (exact) mass is 361 g/mol. The van der Waals surface area contributed by atoms with Crippen molar-refractivity contribution in [3.05, 3.63) is 35.1 Å². The van der Waals surface area contributed by atoms with Crippen molar-refractivity contribution in [2.45, 2.75) is 71.2 Å². The van der Waals surface area contributed by atoms with Gasteiger partial charge >= 0.3 is 0 Å². The van der Waals surface area contributed by atoms with Crippen LogP contribution in [0.2, 0.25) is 0 Å². The SMILES string of the molecule is CNCC1=NN(C(C)C2CCCCC2)C(OCc2ccc(F)cc2C)C1. The van der Waals surface area contributed by atoms with Gasteiger partial charge in [-0.05, 0) is 62.9 Å². The molecule has 1 aliphatic carbocycles. The number of nitrogens with one attached hydrogen (secondary N) is 1. The summed E-state index contributed by atoms with van der Waals surface area (Å²) in [5.41, 5.74) is 3.13. The maximum absolute atomic E-state index is 13.3. The van der Waals surface area contributed by atoms with Crippen molar-refractivity contribution in [2.24, 2.45) is 11.0 Å². The smallest absolute Gasteiger partial charge is 0.151 e. The predicted octanol–water partition coefficient (Wildman–Crippen LogP) is 4.23. The average Bonchev–Trinajstić information content (AvgIpc) is 3.04. The molecule has 2 aliphatic rings. The number of hydrogen-bond acceptors (Lipinski definition) is 4. The van der Waals surface area contributed by atoms with Gasteiger partial charge in [0.2, 0.25) is 0 Å². The summed E-state index contributed by atoms with van der Waals surface area (Å²) in [5.74, 6) is 0.499. The maximum atomic E-state index is 13.3. The van der Waals surface area contributed by atoms with Crippen molar-refractivity contribution < 1.29 is 9.13 Å². The van der Waals surface area contributed by atoms with Gasteiger partial charge in [0.15, 0.2) is 6.23 Å². The summed E-state index contributed by atoms with van der Waals surface area (Å²) in [4.78, 5) is 0. The normalized spacial score (nSPS) is 22.5. The first kappa shape index (κ1) is 19.3. The van der Waals surface area contributed by atoms with Gasteiger partial charge in [0.1, 0.15) is 5.82 Å². The van der Waals surface area contributed by atoms with Gasteiger partial charge in [0.05, 0.1) is 12.3 Å². The minimum absolute atomic E-state index is 0.0280. The molecule has 1 heterocycles. The first-order chi connectivity index (χ1) is 12.6. The van der Waals surface area contributed by atoms with Crippen LogP contribution in [0.5, 0.6) is 0 Å². The van der Waals surface area contributed by atoms with Crippen molar-refractivity contribution >= 4 is 5.71 Å². The standard InChI is InChI=1S/C21H32FN3O/c1-15-11-19(22)10-9-18(15)14-26-21-12-20(13-23-3)24-25(21)16(2)17-7-5-4-6-8-17/h9-11,16-17,21,23H,4-8,12-14H2,1-3H3. The molecule has 1 fully saturated rings. The van der Waals surface area contributed by atoms with E-state index in [2.05, 4.69) is 17.2 Å². The van der Waals surface area contributed by atoms with Crippen LogP contribution >= 0.6 is 0 Å². The maximum Gasteiger partial charge on any atom is 0.151 e. The second-order valence-electron chi connectivity index (χ2n) is 7.76. The van der Waals surface area contributed by atoms with E-state index in [1.807, 2.05) is 20.0 Å². The predicted molar refractivity (Wildman–Crippen MR) is 104 cm³/mol. The van der Waals surface area contributed by atoms with Gasteiger partial charge in [-0.1, -0.05) is 25.3 Å². The number of ether oxygens (including phenoxy) is 1. The van der Waals surface area contributed by atoms with Gasteiger partial charge < -0.3 is 10.1 Å². The highest BCUT2D eigenvalue weighted by Gasteiger charge is 2.34. The molecule has 26 heavy (non-hydrogen) atoms. The largest absolute Gasteiger partial charge is 0.352 e. The summed E-state index contributed by atoms with van der Waals surface area (Å²) >= 11 is 0. The molecule has 1 aliphatic heterocycles. The van der Waals surface area contributed by atoms with Gasteiger partial charge in [-0.3, -0.25) is 5.01 Å². The van der Waals surface area contributed by atoms with E-state index in [0.29, 0.717) is 18.6 Å². The van der Waals surface area contributed by atoms with E-state index in [-0.39, 0.29) is 12.0 Å². The van der Waals surface area contributed by atoms with Crippen LogP contribution < -0.4 is 5.32 Å². The summed E-state index contributed by atoms with van der Waals surface area (Å²) < 4.78 is 19.6. The Balaban J connectivity index is 1.67. The van der Waals surface area contributed by atoms with Crippen LogP contribution in [-0.4, -0.2) is 36.6 Å². The number of hydrogen-bond donors (Lipinski definition) is 1. The van der Waals surface area contributed by atoms with Crippen LogP contribution in [-0.2, 0) is 11.3 Å². The highest BCUT2D eigenvalue weighted by atomic mass is 19.1. The molecule has 2 unspecified atom stereocenters. The zero-order valence-corrected chi connectivity index (χ0v) is 16.3. The lowest BCUT2D eigenvalue weighted by atomic mass is 9.84. The van der Waals surface area contributed by atoms with Crippen molar-refractivity contribution in [1.29, 1.82) is 0 Å². The summed E-state index contributed by atoms with van der Waals surface area (Å²) in [5, 5.41) is 10.3. The zero-order valence-electron chi connectivity index (χ0n) is 16.3. The lowest BCUT2D eigenvalue weighted by Crippen LogP contribution is -2.41. The molecule has 1 aromatic rings. The van der Waals surface area contributed by atoms with Crippen LogP contribution in [0, 0.1) is 18.7 Å². The number of halogens is 1. The van der Waals surface area contributed by atoms with Crippen LogP contribution in [0.4, 0.5) is 4.39 Å². The molecule has 5 heteroatoms. The van der Waals surface area contributed by atoms with Crippen molar-refractivity contribution in [3.8, 4) is 0 Å². The number of benzene rings is 1. The van der Waals surface area contributed by atoms with Gasteiger partial charge in [-0.15, -0.1) is 0 Å². The van der Waals surface area contributed by atoms with E-state index >= 15 is 0 Å². The molecule has 1 aromatic carbocycles. The van der Waals surface area contributed by atoms with Crippen LogP contribution in [0.25, 0.3) is 0 Å². The molecule has 0 aromatic heterocycles. The summed E-state index contributed by atoms with van der Waals surface area (Å²) in [7, 11) is 1.95. The number of hydrazone groups is 1. The van der Waals surface area contributed by atoms with Crippen LogP contribution in [0.15, 0.2) is 23.3 Å². The second-order valence-corrected chi connectivity index (χ2v) is 7.76. The molecule has 144 valence electrons.